The van der Waals surface area contributed by atoms with Gasteiger partial charge in [-0.25, -0.2) is 0 Å². The van der Waals surface area contributed by atoms with E-state index >= 15 is 0 Å². The fourth-order valence-electron chi connectivity index (χ4n) is 2.07. The Morgan fingerprint density at radius 3 is 2.78 bits per heavy atom. The van der Waals surface area contributed by atoms with E-state index in [1.54, 1.807) is 4.90 Å². The van der Waals surface area contributed by atoms with Gasteiger partial charge in [0.1, 0.15) is 12.1 Å². The summed E-state index contributed by atoms with van der Waals surface area (Å²) in [5.41, 5.74) is 6.41. The van der Waals surface area contributed by atoms with Gasteiger partial charge in [-0.2, -0.15) is 5.26 Å². The smallest absolute Gasteiger partial charge is 0.237 e. The third kappa shape index (κ3) is 2.67. The molecule has 2 rings (SSSR count). The molecular weight excluding hydrogens is 230 g/mol. The van der Waals surface area contributed by atoms with Gasteiger partial charge in [0.2, 0.25) is 5.91 Å². The van der Waals surface area contributed by atoms with Gasteiger partial charge in [-0.15, -0.1) is 0 Å². The van der Waals surface area contributed by atoms with E-state index in [0.717, 1.165) is 5.56 Å². The van der Waals surface area contributed by atoms with E-state index in [1.165, 1.54) is 0 Å². The molecule has 0 saturated carbocycles. The van der Waals surface area contributed by atoms with E-state index in [4.69, 9.17) is 15.7 Å². The summed E-state index contributed by atoms with van der Waals surface area (Å²) >= 11 is 0. The molecule has 0 spiro atoms. The van der Waals surface area contributed by atoms with Crippen molar-refractivity contribution in [3.8, 4) is 6.07 Å². The number of nitriles is 1. The summed E-state index contributed by atoms with van der Waals surface area (Å²) in [6, 6.07) is 10.9. The molecule has 0 bridgehead atoms. The molecule has 0 aromatic heterocycles. The average molecular weight is 245 g/mol. The molecule has 0 aliphatic carbocycles. The van der Waals surface area contributed by atoms with Gasteiger partial charge >= 0.3 is 0 Å². The number of rotatable bonds is 3. The minimum atomic E-state index is -0.538. The van der Waals surface area contributed by atoms with E-state index in [0.29, 0.717) is 13.2 Å². The molecular formula is C13H15N3O2. The summed E-state index contributed by atoms with van der Waals surface area (Å²) in [4.78, 5) is 13.2. The maximum absolute atomic E-state index is 11.4. The zero-order chi connectivity index (χ0) is 13.0. The van der Waals surface area contributed by atoms with Crippen molar-refractivity contribution in [2.45, 2.75) is 18.6 Å². The van der Waals surface area contributed by atoms with Gasteiger partial charge in [0, 0.05) is 6.54 Å². The molecule has 1 saturated heterocycles. The second-order valence-electron chi connectivity index (χ2n) is 4.26. The molecule has 5 heteroatoms. The highest BCUT2D eigenvalue weighted by molar-refractivity contribution is 5.80. The number of nitrogens with two attached hydrogens (primary N) is 1. The van der Waals surface area contributed by atoms with Crippen molar-refractivity contribution in [3.63, 3.8) is 0 Å². The Labute approximate surface area is 106 Å². The van der Waals surface area contributed by atoms with Crippen LogP contribution in [0.1, 0.15) is 5.56 Å². The third-order valence-electron chi connectivity index (χ3n) is 3.04. The lowest BCUT2D eigenvalue weighted by molar-refractivity contribution is -0.131. The molecule has 1 aliphatic heterocycles. The zero-order valence-corrected chi connectivity index (χ0v) is 9.95. The normalized spacial score (nSPS) is 24.4. The van der Waals surface area contributed by atoms with Gasteiger partial charge in [-0.05, 0) is 5.56 Å². The van der Waals surface area contributed by atoms with Crippen LogP contribution in [0.5, 0.6) is 0 Å². The Morgan fingerprint density at radius 2 is 2.17 bits per heavy atom. The monoisotopic (exact) mass is 245 g/mol. The zero-order valence-electron chi connectivity index (χ0n) is 9.95. The number of ether oxygens (including phenoxy) is 1. The predicted octanol–water partition coefficient (Wildman–Crippen LogP) is 0.265. The molecule has 1 amide bonds. The molecule has 1 fully saturated rings. The SMILES string of the molecule is N#CC1COCC(C(N)=O)N1Cc1ccccc1. The number of nitrogens with zero attached hydrogens (tertiary/aromatic N) is 2. The standard InChI is InChI=1S/C13H15N3O2/c14-6-11-8-18-9-12(13(15)17)16(11)7-10-4-2-1-3-5-10/h1-5,11-12H,7-9H2,(H2,15,17). The molecule has 18 heavy (non-hydrogen) atoms. The first-order valence-electron chi connectivity index (χ1n) is 5.78. The van der Waals surface area contributed by atoms with Crippen molar-refractivity contribution >= 4 is 5.91 Å². The number of primary amides is 1. The van der Waals surface area contributed by atoms with Crippen molar-refractivity contribution < 1.29 is 9.53 Å². The second-order valence-corrected chi connectivity index (χ2v) is 4.26. The number of amides is 1. The van der Waals surface area contributed by atoms with Gasteiger partial charge in [0.25, 0.3) is 0 Å². The van der Waals surface area contributed by atoms with E-state index in [2.05, 4.69) is 6.07 Å². The Balaban J connectivity index is 2.19. The molecule has 2 N–H and O–H groups in total. The minimum absolute atomic E-state index is 0.250. The summed E-state index contributed by atoms with van der Waals surface area (Å²) in [5.74, 6) is -0.453. The maximum Gasteiger partial charge on any atom is 0.237 e. The quantitative estimate of drug-likeness (QED) is 0.828. The minimum Gasteiger partial charge on any atom is -0.377 e. The lowest BCUT2D eigenvalue weighted by Crippen LogP contribution is -2.56. The molecule has 5 nitrogen and oxygen atoms in total. The molecule has 2 unspecified atom stereocenters. The molecule has 2 atom stereocenters. The number of benzene rings is 1. The Hall–Kier alpha value is -1.90. The van der Waals surface area contributed by atoms with Crippen LogP contribution in [0.3, 0.4) is 0 Å². The molecule has 1 heterocycles. The fraction of sp³-hybridized carbons (Fsp3) is 0.385. The van der Waals surface area contributed by atoms with Crippen LogP contribution in [0.25, 0.3) is 0 Å². The average Bonchev–Trinajstić information content (AvgIpc) is 2.40. The van der Waals surface area contributed by atoms with Gasteiger partial charge in [-0.3, -0.25) is 9.69 Å². The summed E-state index contributed by atoms with van der Waals surface area (Å²) in [6.45, 7) is 1.09. The maximum atomic E-state index is 11.4. The number of hydrogen-bond donors (Lipinski definition) is 1. The van der Waals surface area contributed by atoms with Gasteiger partial charge in [0.15, 0.2) is 0 Å². The molecule has 1 aromatic carbocycles. The first-order chi connectivity index (χ1) is 8.72. The summed E-state index contributed by atoms with van der Waals surface area (Å²) in [6.07, 6.45) is 0. The number of carbonyl (C=O) groups excluding carboxylic acids is 1. The first-order valence-corrected chi connectivity index (χ1v) is 5.78. The topological polar surface area (TPSA) is 79.3 Å². The summed E-state index contributed by atoms with van der Waals surface area (Å²) in [7, 11) is 0. The van der Waals surface area contributed by atoms with Crippen LogP contribution in [0.15, 0.2) is 30.3 Å². The van der Waals surface area contributed by atoms with Crippen LogP contribution < -0.4 is 5.73 Å². The van der Waals surface area contributed by atoms with Crippen molar-refractivity contribution in [1.82, 2.24) is 4.90 Å². The third-order valence-corrected chi connectivity index (χ3v) is 3.04. The van der Waals surface area contributed by atoms with Gasteiger partial charge in [-0.1, -0.05) is 30.3 Å². The van der Waals surface area contributed by atoms with E-state index in [9.17, 15) is 4.79 Å². The highest BCUT2D eigenvalue weighted by Gasteiger charge is 2.34. The van der Waals surface area contributed by atoms with Crippen LogP contribution in [-0.2, 0) is 16.1 Å². The highest BCUT2D eigenvalue weighted by Crippen LogP contribution is 2.17. The largest absolute Gasteiger partial charge is 0.377 e. The highest BCUT2D eigenvalue weighted by atomic mass is 16.5. The summed E-state index contributed by atoms with van der Waals surface area (Å²) in [5, 5.41) is 9.12. The molecule has 94 valence electrons. The van der Waals surface area contributed by atoms with Crippen LogP contribution in [0, 0.1) is 11.3 Å². The predicted molar refractivity (Wildman–Crippen MR) is 65.2 cm³/mol. The lowest BCUT2D eigenvalue weighted by Gasteiger charge is -2.37. The van der Waals surface area contributed by atoms with Crippen molar-refractivity contribution in [3.05, 3.63) is 35.9 Å². The van der Waals surface area contributed by atoms with Crippen LogP contribution in [0.4, 0.5) is 0 Å². The van der Waals surface area contributed by atoms with E-state index < -0.39 is 18.0 Å². The van der Waals surface area contributed by atoms with E-state index in [-0.39, 0.29) is 6.61 Å². The number of morpholine rings is 1. The first kappa shape index (κ1) is 12.6. The van der Waals surface area contributed by atoms with Crippen LogP contribution in [0.2, 0.25) is 0 Å². The van der Waals surface area contributed by atoms with E-state index in [1.807, 2.05) is 30.3 Å². The van der Waals surface area contributed by atoms with Crippen LogP contribution in [-0.4, -0.2) is 36.1 Å². The molecule has 1 aromatic rings. The number of hydrogen-bond acceptors (Lipinski definition) is 4. The fourth-order valence-corrected chi connectivity index (χ4v) is 2.07. The van der Waals surface area contributed by atoms with Gasteiger partial charge in [0.05, 0.1) is 19.3 Å². The Morgan fingerprint density at radius 1 is 1.44 bits per heavy atom. The summed E-state index contributed by atoms with van der Waals surface area (Å²) < 4.78 is 5.25. The number of carbonyl (C=O) groups is 1. The second kappa shape index (κ2) is 5.63. The van der Waals surface area contributed by atoms with Crippen molar-refractivity contribution in [1.29, 1.82) is 5.26 Å². The molecule has 1 aliphatic rings. The Kier molecular flexibility index (Phi) is 3.92. The Bertz CT molecular complexity index is 455. The van der Waals surface area contributed by atoms with Crippen molar-refractivity contribution in [2.75, 3.05) is 13.2 Å². The molecule has 0 radical (unpaired) electrons. The van der Waals surface area contributed by atoms with Crippen molar-refractivity contribution in [2.24, 2.45) is 5.73 Å². The van der Waals surface area contributed by atoms with Gasteiger partial charge < -0.3 is 10.5 Å². The van der Waals surface area contributed by atoms with Crippen LogP contribution >= 0.6 is 0 Å². The lowest BCUT2D eigenvalue weighted by atomic mass is 10.1.